The van der Waals surface area contributed by atoms with E-state index >= 15 is 0 Å². The van der Waals surface area contributed by atoms with Crippen LogP contribution in [0.4, 0.5) is 13.2 Å². The van der Waals surface area contributed by atoms with Gasteiger partial charge in [0.1, 0.15) is 6.04 Å². The van der Waals surface area contributed by atoms with E-state index in [1.807, 2.05) is 0 Å². The van der Waals surface area contributed by atoms with Crippen molar-refractivity contribution in [2.24, 2.45) is 0 Å². The summed E-state index contributed by atoms with van der Waals surface area (Å²) in [4.78, 5) is 38.0. The lowest BCUT2D eigenvalue weighted by Gasteiger charge is -2.19. The quantitative estimate of drug-likeness (QED) is 0.691. The molecule has 0 saturated heterocycles. The molecule has 6 nitrogen and oxygen atoms in total. The number of halogens is 3. The molecule has 0 bridgehead atoms. The van der Waals surface area contributed by atoms with Crippen LogP contribution in [0, 0.1) is 0 Å². The fraction of sp³-hybridized carbons (Fsp3) is 0.286. The zero-order valence-corrected chi connectivity index (χ0v) is 16.4. The number of fused-ring (bicyclic) bond motifs is 1. The molecule has 158 valence electrons. The van der Waals surface area contributed by atoms with Crippen LogP contribution in [0.5, 0.6) is 0 Å². The molecule has 1 atom stereocenters. The van der Waals surface area contributed by atoms with Crippen molar-refractivity contribution in [2.45, 2.75) is 39.2 Å². The van der Waals surface area contributed by atoms with E-state index in [0.29, 0.717) is 10.9 Å². The third kappa shape index (κ3) is 4.00. The predicted octanol–water partition coefficient (Wildman–Crippen LogP) is 3.08. The number of rotatable bonds is 5. The van der Waals surface area contributed by atoms with E-state index in [4.69, 9.17) is 0 Å². The number of carbonyl (C=O) groups excluding carboxylic acids is 1. The number of benzene rings is 2. The van der Waals surface area contributed by atoms with Crippen molar-refractivity contribution >= 4 is 16.8 Å². The minimum Gasteiger partial charge on any atom is -0.350 e. The number of nitrogens with zero attached hydrogens (tertiary/aromatic N) is 2. The number of nitrogens with one attached hydrogen (secondary N) is 1. The Morgan fingerprint density at radius 1 is 1.10 bits per heavy atom. The Hall–Kier alpha value is -3.36. The van der Waals surface area contributed by atoms with Crippen LogP contribution in [0.15, 0.2) is 58.1 Å². The molecule has 2 aromatic carbocycles. The van der Waals surface area contributed by atoms with Gasteiger partial charge in [0.05, 0.1) is 16.5 Å². The van der Waals surface area contributed by atoms with Gasteiger partial charge in [-0.25, -0.2) is 4.79 Å². The first-order valence-electron chi connectivity index (χ1n) is 9.33. The van der Waals surface area contributed by atoms with E-state index in [0.717, 1.165) is 16.7 Å². The van der Waals surface area contributed by atoms with Crippen molar-refractivity contribution < 1.29 is 18.0 Å². The van der Waals surface area contributed by atoms with Gasteiger partial charge >= 0.3 is 11.9 Å². The molecular formula is C21H20F3N3O3. The van der Waals surface area contributed by atoms with Crippen LogP contribution < -0.4 is 16.6 Å². The molecule has 0 fully saturated rings. The Labute approximate surface area is 169 Å². The lowest BCUT2D eigenvalue weighted by Crippen LogP contribution is -2.44. The Balaban J connectivity index is 1.91. The predicted molar refractivity (Wildman–Crippen MR) is 106 cm³/mol. The average molecular weight is 419 g/mol. The Morgan fingerprint density at radius 3 is 2.47 bits per heavy atom. The van der Waals surface area contributed by atoms with Crippen molar-refractivity contribution in [1.82, 2.24) is 14.5 Å². The number of alkyl halides is 3. The summed E-state index contributed by atoms with van der Waals surface area (Å²) in [6, 6.07) is 10.1. The van der Waals surface area contributed by atoms with E-state index in [-0.39, 0.29) is 18.7 Å². The second-order valence-electron chi connectivity index (χ2n) is 6.81. The van der Waals surface area contributed by atoms with Crippen LogP contribution >= 0.6 is 0 Å². The van der Waals surface area contributed by atoms with Gasteiger partial charge in [-0.05, 0) is 43.7 Å². The molecule has 1 unspecified atom stereocenters. The van der Waals surface area contributed by atoms with Gasteiger partial charge in [0.2, 0.25) is 5.91 Å². The van der Waals surface area contributed by atoms with Crippen molar-refractivity contribution in [1.29, 1.82) is 0 Å². The van der Waals surface area contributed by atoms with Crippen LogP contribution in [0.3, 0.4) is 0 Å². The molecule has 1 N–H and O–H groups in total. The van der Waals surface area contributed by atoms with Gasteiger partial charge in [-0.2, -0.15) is 13.2 Å². The van der Waals surface area contributed by atoms with E-state index in [1.165, 1.54) is 23.6 Å². The van der Waals surface area contributed by atoms with Crippen molar-refractivity contribution in [3.05, 3.63) is 80.5 Å². The fourth-order valence-electron chi connectivity index (χ4n) is 3.29. The van der Waals surface area contributed by atoms with E-state index in [2.05, 4.69) is 5.32 Å². The first-order valence-corrected chi connectivity index (χ1v) is 9.33. The third-order valence-electron chi connectivity index (χ3n) is 4.88. The van der Waals surface area contributed by atoms with Gasteiger partial charge in [-0.1, -0.05) is 24.3 Å². The summed E-state index contributed by atoms with van der Waals surface area (Å²) in [5.41, 5.74) is -1.27. The highest BCUT2D eigenvalue weighted by atomic mass is 19.4. The van der Waals surface area contributed by atoms with Gasteiger partial charge in [-0.3, -0.25) is 18.7 Å². The number of carbonyl (C=O) groups is 1. The zero-order valence-electron chi connectivity index (χ0n) is 16.4. The SMILES string of the molecule is CCn1c(=O)c2ccccc2n(C(C)C(=O)NCc2cccc(C(F)(F)F)c2)c1=O. The maximum absolute atomic E-state index is 12.9. The summed E-state index contributed by atoms with van der Waals surface area (Å²) in [5, 5.41) is 2.87. The smallest absolute Gasteiger partial charge is 0.350 e. The van der Waals surface area contributed by atoms with Crippen LogP contribution in [0.2, 0.25) is 0 Å². The number of aromatic nitrogens is 2. The highest BCUT2D eigenvalue weighted by Crippen LogP contribution is 2.29. The molecule has 3 rings (SSSR count). The number of hydrogen-bond donors (Lipinski definition) is 1. The molecule has 0 spiro atoms. The molecule has 0 radical (unpaired) electrons. The summed E-state index contributed by atoms with van der Waals surface area (Å²) in [5.74, 6) is -0.555. The average Bonchev–Trinajstić information content (AvgIpc) is 2.72. The molecule has 0 saturated carbocycles. The summed E-state index contributed by atoms with van der Waals surface area (Å²) >= 11 is 0. The summed E-state index contributed by atoms with van der Waals surface area (Å²) < 4.78 is 40.8. The van der Waals surface area contributed by atoms with Gasteiger partial charge in [0.15, 0.2) is 0 Å². The van der Waals surface area contributed by atoms with Crippen LogP contribution in [0.25, 0.3) is 10.9 Å². The van der Waals surface area contributed by atoms with Gasteiger partial charge < -0.3 is 5.32 Å². The third-order valence-corrected chi connectivity index (χ3v) is 4.88. The fourth-order valence-corrected chi connectivity index (χ4v) is 3.29. The standard InChI is InChI=1S/C21H20F3N3O3/c1-3-26-19(29)16-9-4-5-10-17(16)27(20(26)30)13(2)18(28)25-12-14-7-6-8-15(11-14)21(22,23)24/h4-11,13H,3,12H2,1-2H3,(H,25,28). The van der Waals surface area contributed by atoms with Crippen molar-refractivity contribution in [3.8, 4) is 0 Å². The van der Waals surface area contributed by atoms with Gasteiger partial charge in [0.25, 0.3) is 5.56 Å². The lowest BCUT2D eigenvalue weighted by molar-refractivity contribution is -0.137. The highest BCUT2D eigenvalue weighted by Gasteiger charge is 2.30. The van der Waals surface area contributed by atoms with E-state index in [1.54, 1.807) is 31.2 Å². The second-order valence-corrected chi connectivity index (χ2v) is 6.81. The minimum atomic E-state index is -4.48. The molecule has 0 aliphatic heterocycles. The minimum absolute atomic E-state index is 0.132. The lowest BCUT2D eigenvalue weighted by atomic mass is 10.1. The normalized spacial score (nSPS) is 12.7. The number of amides is 1. The maximum atomic E-state index is 12.9. The molecule has 30 heavy (non-hydrogen) atoms. The Bertz CT molecular complexity index is 1210. The molecule has 1 heterocycles. The molecule has 9 heteroatoms. The zero-order chi connectivity index (χ0) is 22.1. The van der Waals surface area contributed by atoms with Crippen LogP contribution in [-0.2, 0) is 24.1 Å². The van der Waals surface area contributed by atoms with Crippen LogP contribution in [-0.4, -0.2) is 15.0 Å². The molecule has 0 aliphatic carbocycles. The maximum Gasteiger partial charge on any atom is 0.416 e. The molecule has 3 aromatic rings. The Morgan fingerprint density at radius 2 is 1.80 bits per heavy atom. The summed E-state index contributed by atoms with van der Waals surface area (Å²) in [6.45, 7) is 3.16. The molecule has 1 amide bonds. The molecular weight excluding hydrogens is 399 g/mol. The molecule has 0 aliphatic rings. The van der Waals surface area contributed by atoms with E-state index < -0.39 is 34.9 Å². The largest absolute Gasteiger partial charge is 0.416 e. The first-order chi connectivity index (χ1) is 14.1. The number of hydrogen-bond acceptors (Lipinski definition) is 3. The monoisotopic (exact) mass is 419 g/mol. The van der Waals surface area contributed by atoms with E-state index in [9.17, 15) is 27.6 Å². The summed E-state index contributed by atoms with van der Waals surface area (Å²) in [6.07, 6.45) is -4.48. The topological polar surface area (TPSA) is 73.1 Å². The highest BCUT2D eigenvalue weighted by molar-refractivity contribution is 5.84. The molecule has 1 aromatic heterocycles. The first kappa shape index (κ1) is 21.4. The van der Waals surface area contributed by atoms with Gasteiger partial charge in [-0.15, -0.1) is 0 Å². The van der Waals surface area contributed by atoms with Crippen LogP contribution in [0.1, 0.15) is 31.0 Å². The Kier molecular flexibility index (Phi) is 5.82. The van der Waals surface area contributed by atoms with Gasteiger partial charge in [0, 0.05) is 13.1 Å². The van der Waals surface area contributed by atoms with Crippen molar-refractivity contribution in [3.63, 3.8) is 0 Å². The number of para-hydroxylation sites is 1. The second kappa shape index (κ2) is 8.17. The van der Waals surface area contributed by atoms with Crippen molar-refractivity contribution in [2.75, 3.05) is 0 Å². The summed E-state index contributed by atoms with van der Waals surface area (Å²) in [7, 11) is 0.